The number of carbonyl (C=O) groups excluding carboxylic acids is 2. The van der Waals surface area contributed by atoms with E-state index >= 15 is 0 Å². The number of hydrogen-bond acceptors (Lipinski definition) is 14. The highest BCUT2D eigenvalue weighted by molar-refractivity contribution is 8.00. The van der Waals surface area contributed by atoms with Crippen LogP contribution >= 0.6 is 34.9 Å². The van der Waals surface area contributed by atoms with Gasteiger partial charge in [0, 0.05) is 30.0 Å². The Kier molecular flexibility index (Phi) is 8.86. The minimum Gasteiger partial charge on any atom is -0.481 e. The molecule has 2 amide bonds. The van der Waals surface area contributed by atoms with E-state index in [9.17, 15) is 28.3 Å². The number of fused-ring (bicyclic) bond motifs is 1. The van der Waals surface area contributed by atoms with E-state index in [1.54, 1.807) is 4.68 Å². The van der Waals surface area contributed by atoms with Gasteiger partial charge in [0.1, 0.15) is 22.5 Å². The number of amides is 2. The molecule has 2 unspecified atom stereocenters. The lowest BCUT2D eigenvalue weighted by molar-refractivity contribution is -0.157. The highest BCUT2D eigenvalue weighted by atomic mass is 32.2. The Balaban J connectivity index is 1.41. The van der Waals surface area contributed by atoms with E-state index < -0.39 is 46.9 Å². The number of halogens is 2. The van der Waals surface area contributed by atoms with Crippen LogP contribution in [0.1, 0.15) is 5.69 Å². The second kappa shape index (κ2) is 12.0. The van der Waals surface area contributed by atoms with Crippen molar-refractivity contribution in [1.82, 2.24) is 40.3 Å². The minimum atomic E-state index is -3.28. The summed E-state index contributed by atoms with van der Waals surface area (Å²) in [5.41, 5.74) is 3.61. The third-order valence-corrected chi connectivity index (χ3v) is 9.33. The highest BCUT2D eigenvalue weighted by Gasteiger charge is 2.57. The number of anilines is 1. The van der Waals surface area contributed by atoms with Crippen LogP contribution in [0.4, 0.5) is 13.9 Å². The predicted octanol–water partition coefficient (Wildman–Crippen LogP) is -0.520. The van der Waals surface area contributed by atoms with Gasteiger partial charge in [-0.1, -0.05) is 16.9 Å². The lowest BCUT2D eigenvalue weighted by Gasteiger charge is -2.53. The van der Waals surface area contributed by atoms with Gasteiger partial charge in [0.05, 0.1) is 6.54 Å². The summed E-state index contributed by atoms with van der Waals surface area (Å²) >= 11 is 3.35. The number of β-lactam (4-membered cyclic amide) rings is 1. The number of hydrogen-bond donors (Lipinski definition) is 3. The van der Waals surface area contributed by atoms with E-state index in [-0.39, 0.29) is 28.9 Å². The van der Waals surface area contributed by atoms with E-state index in [1.807, 2.05) is 19.0 Å². The molecule has 4 N–H and O–H groups in total. The van der Waals surface area contributed by atoms with Crippen molar-refractivity contribution in [2.24, 2.45) is 10.6 Å². The standard InChI is InChI=1S/C19H24F2N10O5S3/c1-29(2)3-4-31-18(25-27-28-31)39-8-19(15(34)35)6-30-13(33)11(14(30)38-7-19)24-12(32)10(26-36-16(20)21)9-5-37-17(22)23-9/h5,11,14,16H,3-4,6-8H2,1-2H3,(H2,22,23)(H,24,32)(H,34,35)/t11?,14-,19?/m1/s1. The quantitative estimate of drug-likeness (QED) is 0.121. The van der Waals surface area contributed by atoms with Crippen LogP contribution in [0.25, 0.3) is 0 Å². The van der Waals surface area contributed by atoms with E-state index in [4.69, 9.17) is 5.73 Å². The van der Waals surface area contributed by atoms with Crippen LogP contribution in [0, 0.1) is 5.41 Å². The number of rotatable bonds is 12. The number of thioether (sulfide) groups is 2. The van der Waals surface area contributed by atoms with Crippen LogP contribution in [-0.2, 0) is 25.8 Å². The molecule has 0 bridgehead atoms. The molecule has 4 heterocycles. The Morgan fingerprint density at radius 1 is 1.46 bits per heavy atom. The number of aliphatic carboxylic acids is 1. The number of nitrogens with one attached hydrogen (secondary N) is 1. The van der Waals surface area contributed by atoms with Crippen molar-refractivity contribution in [2.45, 2.75) is 29.7 Å². The molecule has 0 aliphatic carbocycles. The first-order chi connectivity index (χ1) is 18.5. The molecule has 2 aliphatic rings. The highest BCUT2D eigenvalue weighted by Crippen LogP contribution is 2.44. The topological polar surface area (TPSA) is 194 Å². The van der Waals surface area contributed by atoms with Gasteiger partial charge in [-0.15, -0.1) is 28.2 Å². The molecule has 0 aromatic carbocycles. The van der Waals surface area contributed by atoms with Crippen molar-refractivity contribution in [3.63, 3.8) is 0 Å². The van der Waals surface area contributed by atoms with Crippen molar-refractivity contribution in [2.75, 3.05) is 44.4 Å². The maximum Gasteiger partial charge on any atom is 0.407 e. The van der Waals surface area contributed by atoms with Gasteiger partial charge in [-0.25, -0.2) is 9.67 Å². The van der Waals surface area contributed by atoms with Gasteiger partial charge in [0.15, 0.2) is 10.8 Å². The predicted molar refractivity (Wildman–Crippen MR) is 137 cm³/mol. The number of tetrazole rings is 1. The number of likely N-dealkylation sites (N-methyl/N-ethyl adjacent to an activating group) is 1. The average molecular weight is 607 g/mol. The molecule has 0 saturated carbocycles. The SMILES string of the molecule is CN(C)CCn1nnnc1SCC1(C(=O)O)CS[C@@H]2C(NC(=O)C(=NOC(F)F)c3csc(N)n3)C(=O)N2C1. The Morgan fingerprint density at radius 2 is 2.23 bits per heavy atom. The summed E-state index contributed by atoms with van der Waals surface area (Å²) in [6.07, 6.45) is 0. The molecule has 2 aliphatic heterocycles. The third kappa shape index (κ3) is 6.39. The number of aromatic nitrogens is 5. The molecule has 212 valence electrons. The lowest BCUT2D eigenvalue weighted by atomic mass is 9.89. The average Bonchev–Trinajstić information content (AvgIpc) is 3.52. The first kappa shape index (κ1) is 28.9. The van der Waals surface area contributed by atoms with Gasteiger partial charge >= 0.3 is 12.6 Å². The maximum absolute atomic E-state index is 12.9. The second-order valence-corrected chi connectivity index (χ2v) is 11.8. The van der Waals surface area contributed by atoms with Gasteiger partial charge in [-0.05, 0) is 24.5 Å². The molecule has 15 nitrogen and oxygen atoms in total. The number of oxime groups is 1. The van der Waals surface area contributed by atoms with E-state index in [0.717, 1.165) is 11.3 Å². The van der Waals surface area contributed by atoms with E-state index in [0.29, 0.717) is 18.2 Å². The maximum atomic E-state index is 12.9. The third-order valence-electron chi connectivity index (χ3n) is 5.82. The van der Waals surface area contributed by atoms with Gasteiger partial charge in [0.25, 0.3) is 5.91 Å². The van der Waals surface area contributed by atoms with Crippen LogP contribution < -0.4 is 11.1 Å². The van der Waals surface area contributed by atoms with E-state index in [2.05, 4.69) is 35.8 Å². The number of thiazole rings is 1. The van der Waals surface area contributed by atoms with Crippen molar-refractivity contribution >= 4 is 63.5 Å². The largest absolute Gasteiger partial charge is 0.481 e. The van der Waals surface area contributed by atoms with Gasteiger partial charge in [-0.2, -0.15) is 8.78 Å². The van der Waals surface area contributed by atoms with Crippen LogP contribution in [0.5, 0.6) is 0 Å². The summed E-state index contributed by atoms with van der Waals surface area (Å²) in [7, 11) is 3.82. The molecule has 0 spiro atoms. The summed E-state index contributed by atoms with van der Waals surface area (Å²) < 4.78 is 26.7. The van der Waals surface area contributed by atoms with E-state index in [1.165, 1.54) is 33.8 Å². The zero-order chi connectivity index (χ0) is 28.3. The van der Waals surface area contributed by atoms with Crippen molar-refractivity contribution < 1.29 is 33.1 Å². The number of nitrogen functional groups attached to an aromatic ring is 1. The number of alkyl halides is 2. The van der Waals surface area contributed by atoms with Crippen molar-refractivity contribution in [1.29, 1.82) is 0 Å². The van der Waals surface area contributed by atoms with Gasteiger partial charge in [-0.3, -0.25) is 14.4 Å². The Bertz CT molecular complexity index is 1260. The summed E-state index contributed by atoms with van der Waals surface area (Å²) in [5.74, 6) is -2.30. The van der Waals surface area contributed by atoms with Crippen molar-refractivity contribution in [3.8, 4) is 0 Å². The summed E-state index contributed by atoms with van der Waals surface area (Å²) in [5, 5.41) is 28.7. The fraction of sp³-hybridized carbons (Fsp3) is 0.579. The van der Waals surface area contributed by atoms with Crippen LogP contribution in [0.2, 0.25) is 0 Å². The molecule has 2 aromatic heterocycles. The Labute approximate surface area is 232 Å². The molecule has 4 rings (SSSR count). The molecular formula is C19H24F2N10O5S3. The normalized spacial score (nSPS) is 23.1. The first-order valence-electron chi connectivity index (χ1n) is 11.2. The zero-order valence-corrected chi connectivity index (χ0v) is 23.0. The molecule has 20 heteroatoms. The van der Waals surface area contributed by atoms with Crippen LogP contribution in [-0.4, -0.2) is 120 Å². The Hall–Kier alpha value is -3.10. The molecule has 39 heavy (non-hydrogen) atoms. The molecule has 2 aromatic rings. The van der Waals surface area contributed by atoms with Crippen LogP contribution in [0.3, 0.4) is 0 Å². The Morgan fingerprint density at radius 3 is 2.87 bits per heavy atom. The van der Waals surface area contributed by atoms with Crippen molar-refractivity contribution in [3.05, 3.63) is 11.1 Å². The molecule has 2 fully saturated rings. The number of carboxylic acid groups (broad SMARTS) is 1. The number of carbonyl (C=O) groups is 3. The zero-order valence-electron chi connectivity index (χ0n) is 20.6. The smallest absolute Gasteiger partial charge is 0.407 e. The number of nitrogens with zero attached hydrogens (tertiary/aromatic N) is 8. The fourth-order valence-corrected chi connectivity index (χ4v) is 7.06. The van der Waals surface area contributed by atoms with Gasteiger partial charge < -0.3 is 30.8 Å². The number of nitrogens with two attached hydrogens (primary N) is 1. The number of carboxylic acids is 1. The molecule has 3 atom stereocenters. The lowest BCUT2D eigenvalue weighted by Crippen LogP contribution is -2.74. The summed E-state index contributed by atoms with van der Waals surface area (Å²) in [4.78, 5) is 49.3. The molecule has 0 radical (unpaired) electrons. The molecular weight excluding hydrogens is 582 g/mol. The summed E-state index contributed by atoms with van der Waals surface area (Å²) in [6.45, 7) is -2.16. The minimum absolute atomic E-state index is 0.0749. The van der Waals surface area contributed by atoms with Gasteiger partial charge in [0.2, 0.25) is 11.1 Å². The summed E-state index contributed by atoms with van der Waals surface area (Å²) in [6, 6.07) is -1.02. The van der Waals surface area contributed by atoms with Crippen LogP contribution in [0.15, 0.2) is 15.7 Å². The molecule has 2 saturated heterocycles. The first-order valence-corrected chi connectivity index (χ1v) is 14.2. The fourth-order valence-electron chi connectivity index (χ4n) is 3.75. The second-order valence-electron chi connectivity index (χ2n) is 8.86. The monoisotopic (exact) mass is 606 g/mol.